The number of cyclic esters (lactones) is 1. The van der Waals surface area contributed by atoms with Crippen molar-refractivity contribution in [3.63, 3.8) is 0 Å². The summed E-state index contributed by atoms with van der Waals surface area (Å²) < 4.78 is 30.0. The molecule has 1 aliphatic carbocycles. The van der Waals surface area contributed by atoms with Gasteiger partial charge in [-0.2, -0.15) is 0 Å². The second-order valence-corrected chi connectivity index (χ2v) is 20.6. The lowest BCUT2D eigenvalue weighted by Crippen LogP contribution is -2.61. The maximum Gasteiger partial charge on any atom is 0.329 e. The van der Waals surface area contributed by atoms with E-state index in [2.05, 4.69) is 11.8 Å². The van der Waals surface area contributed by atoms with Crippen LogP contribution in [0.1, 0.15) is 139 Å². The molecule has 2 saturated heterocycles. The van der Waals surface area contributed by atoms with Gasteiger partial charge in [0.15, 0.2) is 5.78 Å². The molecule has 4 aliphatic rings. The van der Waals surface area contributed by atoms with E-state index in [1.807, 2.05) is 65.0 Å². The number of hydrogen-bond donors (Lipinski definition) is 4. The second kappa shape index (κ2) is 27.9. The molecule has 1 saturated carbocycles. The summed E-state index contributed by atoms with van der Waals surface area (Å²) in [6.07, 6.45) is 11.2. The van der Waals surface area contributed by atoms with E-state index < -0.39 is 90.0 Å². The second-order valence-electron chi connectivity index (χ2n) is 20.6. The monoisotopic (exact) mass is 968 g/mol. The molecular weight excluding hydrogens is 883 g/mol. The number of rotatable bonds is 7. The number of methoxy groups -OCH3 is 2. The molecule has 388 valence electrons. The number of aliphatic hydroxyl groups excluding tert-OH is 3. The van der Waals surface area contributed by atoms with Gasteiger partial charge in [-0.3, -0.25) is 14.4 Å². The maximum atomic E-state index is 14.5. The minimum absolute atomic E-state index is 0.0118. The molecule has 1 amide bonds. The van der Waals surface area contributed by atoms with Crippen LogP contribution in [0, 0.1) is 47.3 Å². The fourth-order valence-corrected chi connectivity index (χ4v) is 10.5. The number of hydrogen-bond acceptors (Lipinski definition) is 13. The minimum atomic E-state index is -2.45. The summed E-state index contributed by atoms with van der Waals surface area (Å²) in [4.78, 5) is 58.2. The van der Waals surface area contributed by atoms with Gasteiger partial charge in [0.2, 0.25) is 5.79 Å². The average Bonchev–Trinajstić information content (AvgIpc) is 3.32. The van der Waals surface area contributed by atoms with Crippen LogP contribution in [0.4, 0.5) is 0 Å². The summed E-state index contributed by atoms with van der Waals surface area (Å²) in [5.41, 5.74) is 1.30. The lowest BCUT2D eigenvalue weighted by Gasteiger charge is -2.43. The molecule has 2 bridgehead atoms. The Balaban J connectivity index is 1.72. The smallest absolute Gasteiger partial charge is 0.329 e. The SMILES string of the molecule is CCC#CCO[C@H]1C[C@@H]2CC[C@@H](C)[C@@](O)(O2)C(=O)C(=O)N2CCCC[C@H]2C(=O)O[C@H]([C@H](C)C[C@H]2CC[C@@H](O)[C@H](OC)C2)C[C@@H](O)[C@H](C)/C=C(\C)[C@@H](O)[C@@H](OC)C(=O)[C@H](C)C[C@@H](C)/C=C/C=C/C=C/1C. The number of ketones is 2. The van der Waals surface area contributed by atoms with Crippen LogP contribution in [-0.4, -0.2) is 137 Å². The summed E-state index contributed by atoms with van der Waals surface area (Å²) in [6, 6.07) is -1.12. The van der Waals surface area contributed by atoms with E-state index in [0.717, 1.165) is 12.0 Å². The number of carbonyl (C=O) groups excluding carboxylic acids is 4. The molecular formula is C55H85NO13. The standard InChI is InChI=1S/C55H85NO13/c1-11-12-18-27-67-46-32-42-24-22-40(8)55(64,69-42)52(61)53(62)56-26-17-16-21-43(56)54(63)68-47(37(5)30-41-23-25-44(57)48(31-41)65-9)33-45(58)36(4)29-39(7)50(60)51(66-10)49(59)38(6)28-34(2)19-14-13-15-20-35(46)3/h13-15,19-20,29,34,36-38,40-48,50-51,57-58,60,64H,11,16-17,21-28,30-33H2,1-10H3/b15-13+,19-14+,35-20+,39-29+/t34-,36+,37+,38+,40+,41+,42-,43-,44+,45+,46-,47-,48+,50+,51-,55+/m0/s1. The van der Waals surface area contributed by atoms with Crippen molar-refractivity contribution in [1.82, 2.24) is 4.90 Å². The molecule has 3 fully saturated rings. The Labute approximate surface area is 412 Å². The molecule has 3 heterocycles. The van der Waals surface area contributed by atoms with Crippen LogP contribution in [0.3, 0.4) is 0 Å². The Morgan fingerprint density at radius 1 is 0.855 bits per heavy atom. The van der Waals surface area contributed by atoms with E-state index in [9.17, 15) is 39.6 Å². The van der Waals surface area contributed by atoms with Gasteiger partial charge in [-0.1, -0.05) is 83.9 Å². The third-order valence-corrected chi connectivity index (χ3v) is 15.0. The molecule has 16 atom stereocenters. The first-order valence-electron chi connectivity index (χ1n) is 25.6. The van der Waals surface area contributed by atoms with E-state index in [0.29, 0.717) is 63.4 Å². The molecule has 4 N–H and O–H groups in total. The summed E-state index contributed by atoms with van der Waals surface area (Å²) in [5.74, 6) is -1.37. The number of ether oxygens (including phenoxy) is 5. The zero-order chi connectivity index (χ0) is 51.0. The number of carbonyl (C=O) groups is 4. The molecule has 69 heavy (non-hydrogen) atoms. The van der Waals surface area contributed by atoms with Crippen LogP contribution >= 0.6 is 0 Å². The largest absolute Gasteiger partial charge is 0.460 e. The molecule has 0 spiro atoms. The van der Waals surface area contributed by atoms with E-state index in [1.54, 1.807) is 34.0 Å². The van der Waals surface area contributed by atoms with Crippen molar-refractivity contribution in [1.29, 1.82) is 0 Å². The maximum absolute atomic E-state index is 14.5. The molecule has 4 rings (SSSR count). The van der Waals surface area contributed by atoms with Crippen LogP contribution in [0.5, 0.6) is 0 Å². The molecule has 14 heteroatoms. The van der Waals surface area contributed by atoms with Gasteiger partial charge in [-0.15, -0.1) is 5.92 Å². The number of esters is 1. The van der Waals surface area contributed by atoms with Crippen LogP contribution in [-0.2, 0) is 42.9 Å². The zero-order valence-electron chi connectivity index (χ0n) is 43.1. The summed E-state index contributed by atoms with van der Waals surface area (Å²) in [6.45, 7) is 15.1. The predicted molar refractivity (Wildman–Crippen MR) is 263 cm³/mol. The lowest BCUT2D eigenvalue weighted by molar-refractivity contribution is -0.265. The number of amides is 1. The Kier molecular flexibility index (Phi) is 23.5. The zero-order valence-corrected chi connectivity index (χ0v) is 43.1. The summed E-state index contributed by atoms with van der Waals surface area (Å²) in [7, 11) is 2.97. The number of Topliss-reactive ketones (excluding diaryl/α,β-unsaturated/α-hetero) is 2. The van der Waals surface area contributed by atoms with Crippen molar-refractivity contribution >= 4 is 23.4 Å². The lowest BCUT2D eigenvalue weighted by atomic mass is 9.78. The van der Waals surface area contributed by atoms with E-state index in [4.69, 9.17) is 23.7 Å². The summed E-state index contributed by atoms with van der Waals surface area (Å²) in [5, 5.41) is 45.9. The van der Waals surface area contributed by atoms with Gasteiger partial charge >= 0.3 is 5.97 Å². The third-order valence-electron chi connectivity index (χ3n) is 15.0. The van der Waals surface area contributed by atoms with Crippen molar-refractivity contribution in [3.05, 3.63) is 47.6 Å². The normalized spacial score (nSPS) is 39.6. The first kappa shape index (κ1) is 58.1. The van der Waals surface area contributed by atoms with E-state index in [1.165, 1.54) is 12.0 Å². The van der Waals surface area contributed by atoms with Crippen molar-refractivity contribution in [2.45, 2.75) is 200 Å². The molecule has 0 aromatic rings. The van der Waals surface area contributed by atoms with Crippen LogP contribution < -0.4 is 0 Å². The van der Waals surface area contributed by atoms with Gasteiger partial charge in [0.25, 0.3) is 11.7 Å². The third kappa shape index (κ3) is 16.2. The average molecular weight is 968 g/mol. The molecule has 0 aromatic heterocycles. The highest BCUT2D eigenvalue weighted by atomic mass is 16.6. The van der Waals surface area contributed by atoms with Gasteiger partial charge in [-0.25, -0.2) is 4.79 Å². The Morgan fingerprint density at radius 2 is 1.59 bits per heavy atom. The van der Waals surface area contributed by atoms with Gasteiger partial charge in [-0.05, 0) is 107 Å². The number of aliphatic hydroxyl groups is 4. The van der Waals surface area contributed by atoms with Crippen molar-refractivity contribution in [2.24, 2.45) is 35.5 Å². The highest BCUT2D eigenvalue weighted by molar-refractivity contribution is 6.39. The number of fused-ring (bicyclic) bond motifs is 3. The fraction of sp³-hybridized carbons (Fsp3) is 0.745. The van der Waals surface area contributed by atoms with Gasteiger partial charge in [0, 0.05) is 57.8 Å². The van der Waals surface area contributed by atoms with Crippen LogP contribution in [0.25, 0.3) is 0 Å². The molecule has 0 unspecified atom stereocenters. The quantitative estimate of drug-likeness (QED) is 0.0905. The highest BCUT2D eigenvalue weighted by Gasteiger charge is 2.53. The van der Waals surface area contributed by atoms with Crippen LogP contribution in [0.15, 0.2) is 47.6 Å². The van der Waals surface area contributed by atoms with Gasteiger partial charge < -0.3 is 49.0 Å². The number of piperidine rings is 1. The van der Waals surface area contributed by atoms with Crippen molar-refractivity contribution < 1.29 is 63.3 Å². The highest BCUT2D eigenvalue weighted by Crippen LogP contribution is 2.38. The van der Waals surface area contributed by atoms with Gasteiger partial charge in [0.1, 0.15) is 31.0 Å². The van der Waals surface area contributed by atoms with Crippen molar-refractivity contribution in [3.8, 4) is 11.8 Å². The fourth-order valence-electron chi connectivity index (χ4n) is 10.5. The van der Waals surface area contributed by atoms with E-state index in [-0.39, 0.29) is 62.1 Å². The van der Waals surface area contributed by atoms with E-state index >= 15 is 0 Å². The number of nitrogens with zero attached hydrogens (tertiary/aromatic N) is 1. The molecule has 3 aliphatic heterocycles. The summed E-state index contributed by atoms with van der Waals surface area (Å²) >= 11 is 0. The molecule has 14 nitrogen and oxygen atoms in total. The first-order valence-corrected chi connectivity index (χ1v) is 25.6. The molecule has 0 aromatic carbocycles. The Bertz CT molecular complexity index is 1880. The number of allylic oxidation sites excluding steroid dienone is 5. The predicted octanol–water partition coefficient (Wildman–Crippen LogP) is 6.76. The Hall–Kier alpha value is -3.52. The Morgan fingerprint density at radius 3 is 2.29 bits per heavy atom. The topological polar surface area (TPSA) is 199 Å². The van der Waals surface area contributed by atoms with Crippen LogP contribution in [0.2, 0.25) is 0 Å². The van der Waals surface area contributed by atoms with Crippen molar-refractivity contribution in [2.75, 3.05) is 27.4 Å². The van der Waals surface area contributed by atoms with Gasteiger partial charge in [0.05, 0.1) is 30.5 Å². The minimum Gasteiger partial charge on any atom is -0.460 e. The molecule has 0 radical (unpaired) electrons. The first-order chi connectivity index (χ1) is 32.7.